The summed E-state index contributed by atoms with van der Waals surface area (Å²) >= 11 is 4.81. The van der Waals surface area contributed by atoms with E-state index in [1.54, 1.807) is 6.21 Å². The summed E-state index contributed by atoms with van der Waals surface area (Å²) in [5, 5.41) is 4.86. The summed E-state index contributed by atoms with van der Waals surface area (Å²) in [6.07, 6.45) is 1.63. The van der Waals surface area contributed by atoms with Crippen LogP contribution in [-0.4, -0.2) is 27.4 Å². The fourth-order valence-electron chi connectivity index (χ4n) is 3.08. The van der Waals surface area contributed by atoms with Crippen LogP contribution in [0.2, 0.25) is 0 Å². The molecule has 4 aromatic rings. The van der Waals surface area contributed by atoms with Gasteiger partial charge in [0, 0.05) is 4.47 Å². The van der Waals surface area contributed by atoms with E-state index in [-0.39, 0.29) is 11.7 Å². The van der Waals surface area contributed by atoms with E-state index in [9.17, 15) is 4.79 Å². The van der Waals surface area contributed by atoms with Gasteiger partial charge in [0.1, 0.15) is 0 Å². The topological polar surface area (TPSA) is 59.3 Å². The monoisotopic (exact) mass is 492 g/mol. The van der Waals surface area contributed by atoms with Crippen molar-refractivity contribution in [1.29, 1.82) is 0 Å². The summed E-state index contributed by atoms with van der Waals surface area (Å²) in [5.41, 5.74) is 7.90. The van der Waals surface area contributed by atoms with E-state index in [4.69, 9.17) is 4.98 Å². The lowest BCUT2D eigenvalue weighted by Gasteiger charge is -2.09. The number of hydrogen-bond donors (Lipinski definition) is 1. The van der Waals surface area contributed by atoms with Gasteiger partial charge in [0.15, 0.2) is 5.16 Å². The fraction of sp³-hybridized carbons (Fsp3) is 0.125. The molecule has 0 aliphatic heterocycles. The van der Waals surface area contributed by atoms with Crippen molar-refractivity contribution in [3.05, 3.63) is 94.0 Å². The van der Waals surface area contributed by atoms with Gasteiger partial charge in [-0.1, -0.05) is 81.8 Å². The number of nitrogens with zero attached hydrogens (tertiary/aromatic N) is 3. The molecule has 0 aliphatic carbocycles. The zero-order valence-electron chi connectivity index (χ0n) is 17.0. The predicted molar refractivity (Wildman–Crippen MR) is 131 cm³/mol. The van der Waals surface area contributed by atoms with E-state index in [0.29, 0.717) is 6.54 Å². The SMILES string of the molecule is Cc1ccc(Cn2c(SCC(=O)NN=Cc3ccc(Br)cc3)nc3ccccc32)cc1. The van der Waals surface area contributed by atoms with Gasteiger partial charge < -0.3 is 4.57 Å². The highest BCUT2D eigenvalue weighted by molar-refractivity contribution is 9.10. The van der Waals surface area contributed by atoms with Gasteiger partial charge >= 0.3 is 0 Å². The van der Waals surface area contributed by atoms with Crippen molar-refractivity contribution in [2.24, 2.45) is 5.10 Å². The number of fused-ring (bicyclic) bond motifs is 1. The molecule has 7 heteroatoms. The highest BCUT2D eigenvalue weighted by atomic mass is 79.9. The maximum atomic E-state index is 12.3. The van der Waals surface area contributed by atoms with Crippen molar-refractivity contribution in [3.8, 4) is 0 Å². The molecule has 0 fully saturated rings. The number of rotatable bonds is 7. The van der Waals surface area contributed by atoms with Gasteiger partial charge in [-0.15, -0.1) is 0 Å². The van der Waals surface area contributed by atoms with Gasteiger partial charge in [-0.3, -0.25) is 4.79 Å². The summed E-state index contributed by atoms with van der Waals surface area (Å²) in [6, 6.07) is 24.2. The summed E-state index contributed by atoms with van der Waals surface area (Å²) in [4.78, 5) is 17.0. The molecular formula is C24H21BrN4OS. The minimum absolute atomic E-state index is 0.174. The van der Waals surface area contributed by atoms with Crippen LogP contribution in [0.4, 0.5) is 0 Å². The third kappa shape index (κ3) is 5.62. The number of halogens is 1. The first-order valence-electron chi connectivity index (χ1n) is 9.79. The summed E-state index contributed by atoms with van der Waals surface area (Å²) < 4.78 is 3.15. The minimum atomic E-state index is -0.174. The number of thioether (sulfide) groups is 1. The third-order valence-electron chi connectivity index (χ3n) is 4.69. The van der Waals surface area contributed by atoms with Crippen molar-refractivity contribution in [1.82, 2.24) is 15.0 Å². The van der Waals surface area contributed by atoms with Gasteiger partial charge in [-0.2, -0.15) is 5.10 Å². The molecule has 0 aliphatic rings. The van der Waals surface area contributed by atoms with Gasteiger partial charge in [-0.25, -0.2) is 10.4 Å². The maximum Gasteiger partial charge on any atom is 0.250 e. The van der Waals surface area contributed by atoms with E-state index >= 15 is 0 Å². The Hall–Kier alpha value is -2.90. The highest BCUT2D eigenvalue weighted by Gasteiger charge is 2.13. The second-order valence-corrected chi connectivity index (χ2v) is 8.95. The Labute approximate surface area is 193 Å². The van der Waals surface area contributed by atoms with Crippen molar-refractivity contribution in [2.75, 3.05) is 5.75 Å². The van der Waals surface area contributed by atoms with E-state index < -0.39 is 0 Å². The predicted octanol–water partition coefficient (Wildman–Crippen LogP) is 5.40. The Bertz CT molecular complexity index is 1220. The highest BCUT2D eigenvalue weighted by Crippen LogP contribution is 2.25. The summed E-state index contributed by atoms with van der Waals surface area (Å²) in [6.45, 7) is 2.78. The molecule has 1 heterocycles. The number of amides is 1. The number of nitrogens with one attached hydrogen (secondary N) is 1. The van der Waals surface area contributed by atoms with Crippen molar-refractivity contribution < 1.29 is 4.79 Å². The molecule has 0 spiro atoms. The molecule has 0 bridgehead atoms. The van der Waals surface area contributed by atoms with Crippen LogP contribution in [-0.2, 0) is 11.3 Å². The zero-order chi connectivity index (χ0) is 21.6. The number of hydrogen-bond acceptors (Lipinski definition) is 4. The van der Waals surface area contributed by atoms with E-state index in [0.717, 1.165) is 26.2 Å². The van der Waals surface area contributed by atoms with Crippen LogP contribution in [0.5, 0.6) is 0 Å². The lowest BCUT2D eigenvalue weighted by Crippen LogP contribution is -2.20. The number of aromatic nitrogens is 2. The Morgan fingerprint density at radius 2 is 1.84 bits per heavy atom. The lowest BCUT2D eigenvalue weighted by molar-refractivity contribution is -0.118. The van der Waals surface area contributed by atoms with Crippen LogP contribution in [0.25, 0.3) is 11.0 Å². The average molecular weight is 493 g/mol. The van der Waals surface area contributed by atoms with Gasteiger partial charge in [-0.05, 0) is 42.3 Å². The first-order valence-corrected chi connectivity index (χ1v) is 11.6. The number of hydrazone groups is 1. The quantitative estimate of drug-likeness (QED) is 0.213. The van der Waals surface area contributed by atoms with Crippen molar-refractivity contribution in [2.45, 2.75) is 18.6 Å². The largest absolute Gasteiger partial charge is 0.314 e. The van der Waals surface area contributed by atoms with E-state index in [1.807, 2.05) is 42.5 Å². The number of aryl methyl sites for hydroxylation is 1. The zero-order valence-corrected chi connectivity index (χ0v) is 19.4. The standard InChI is InChI=1S/C24H21BrN4OS/c1-17-6-8-19(9-7-17)15-29-22-5-3-2-4-21(22)27-24(29)31-16-23(30)28-26-14-18-10-12-20(25)13-11-18/h2-14H,15-16H2,1H3,(H,28,30). The smallest absolute Gasteiger partial charge is 0.250 e. The summed E-state index contributed by atoms with van der Waals surface area (Å²) in [7, 11) is 0. The molecule has 1 amide bonds. The number of imidazole rings is 1. The van der Waals surface area contributed by atoms with Crippen LogP contribution in [0, 0.1) is 6.92 Å². The number of benzene rings is 3. The molecule has 3 aromatic carbocycles. The van der Waals surface area contributed by atoms with Crippen molar-refractivity contribution in [3.63, 3.8) is 0 Å². The first-order chi connectivity index (χ1) is 15.1. The van der Waals surface area contributed by atoms with Crippen LogP contribution in [0.15, 0.2) is 87.5 Å². The fourth-order valence-corrected chi connectivity index (χ4v) is 4.15. The summed E-state index contributed by atoms with van der Waals surface area (Å²) in [5.74, 6) is 0.0573. The van der Waals surface area contributed by atoms with E-state index in [1.165, 1.54) is 22.9 Å². The van der Waals surface area contributed by atoms with Crippen LogP contribution < -0.4 is 5.43 Å². The van der Waals surface area contributed by atoms with Crippen LogP contribution in [0.3, 0.4) is 0 Å². The van der Waals surface area contributed by atoms with Gasteiger partial charge in [0.25, 0.3) is 5.91 Å². The lowest BCUT2D eigenvalue weighted by atomic mass is 10.1. The van der Waals surface area contributed by atoms with Gasteiger partial charge in [0.2, 0.25) is 0 Å². The molecule has 0 atom stereocenters. The molecule has 4 rings (SSSR count). The Morgan fingerprint density at radius 3 is 2.61 bits per heavy atom. The molecule has 5 nitrogen and oxygen atoms in total. The molecule has 31 heavy (non-hydrogen) atoms. The number of para-hydroxylation sites is 2. The van der Waals surface area contributed by atoms with E-state index in [2.05, 4.69) is 68.3 Å². The normalized spacial score (nSPS) is 11.3. The second-order valence-electron chi connectivity index (χ2n) is 7.09. The molecule has 0 radical (unpaired) electrons. The maximum absolute atomic E-state index is 12.3. The molecule has 1 N–H and O–H groups in total. The second kappa shape index (κ2) is 9.94. The third-order valence-corrected chi connectivity index (χ3v) is 6.19. The number of carbonyl (C=O) groups is 1. The molecule has 0 saturated heterocycles. The Kier molecular flexibility index (Phi) is 6.84. The van der Waals surface area contributed by atoms with Crippen molar-refractivity contribution >= 4 is 50.8 Å². The van der Waals surface area contributed by atoms with Gasteiger partial charge in [0.05, 0.1) is 29.5 Å². The van der Waals surface area contributed by atoms with Crippen LogP contribution >= 0.6 is 27.7 Å². The molecule has 0 unspecified atom stereocenters. The molecule has 156 valence electrons. The molecule has 1 aromatic heterocycles. The molecular weight excluding hydrogens is 472 g/mol. The Morgan fingerprint density at radius 1 is 1.10 bits per heavy atom. The molecule has 0 saturated carbocycles. The number of carbonyl (C=O) groups excluding carboxylic acids is 1. The average Bonchev–Trinajstić information content (AvgIpc) is 3.12. The van der Waals surface area contributed by atoms with Crippen LogP contribution in [0.1, 0.15) is 16.7 Å². The minimum Gasteiger partial charge on any atom is -0.314 e. The first kappa shape index (κ1) is 21.3. The Balaban J connectivity index is 1.44.